The van der Waals surface area contributed by atoms with E-state index in [4.69, 9.17) is 14.5 Å². The van der Waals surface area contributed by atoms with E-state index in [1.54, 1.807) is 37.2 Å². The molecular weight excluding hydrogens is 661 g/mol. The lowest BCUT2D eigenvalue weighted by Crippen LogP contribution is -2.30. The molecule has 3 aromatic carbocycles. The molecule has 3 heterocycles. The van der Waals surface area contributed by atoms with E-state index in [1.165, 1.54) is 25.4 Å². The monoisotopic (exact) mass is 692 g/mol. The average Bonchev–Trinajstić information content (AvgIpc) is 3.54. The summed E-state index contributed by atoms with van der Waals surface area (Å²) in [5.41, 5.74) is 1.50. The van der Waals surface area contributed by atoms with Crippen LogP contribution in [0, 0.1) is 24.4 Å². The Morgan fingerprint density at radius 1 is 0.857 bits per heavy atom. The molecule has 49 heavy (non-hydrogen) atoms. The van der Waals surface area contributed by atoms with Crippen LogP contribution >= 0.6 is 0 Å². The fourth-order valence-corrected chi connectivity index (χ4v) is 6.63. The van der Waals surface area contributed by atoms with Crippen molar-refractivity contribution in [3.8, 4) is 5.82 Å². The van der Waals surface area contributed by atoms with Gasteiger partial charge in [-0.2, -0.15) is 0 Å². The van der Waals surface area contributed by atoms with E-state index in [2.05, 4.69) is 29.9 Å². The number of rotatable bonds is 13. The first-order valence-electron chi connectivity index (χ1n) is 15.0. The maximum Gasteiger partial charge on any atom is 0.262 e. The normalized spacial score (nSPS) is 11.7. The molecule has 0 aliphatic heterocycles. The van der Waals surface area contributed by atoms with Crippen LogP contribution in [-0.4, -0.2) is 73.4 Å². The molecular formula is C33H31F3N8O4S. The Morgan fingerprint density at radius 2 is 1.61 bits per heavy atom. The number of aromatic nitrogens is 5. The highest BCUT2D eigenvalue weighted by atomic mass is 32.2. The maximum absolute atomic E-state index is 15.8. The zero-order valence-corrected chi connectivity index (χ0v) is 27.4. The molecule has 12 nitrogen and oxygen atoms in total. The van der Waals surface area contributed by atoms with E-state index in [9.17, 15) is 12.8 Å². The number of halogens is 3. The van der Waals surface area contributed by atoms with Crippen LogP contribution in [0.2, 0.25) is 0 Å². The number of nitrogens with zero attached hydrogens (tertiary/aromatic N) is 6. The van der Waals surface area contributed by atoms with Crippen LogP contribution in [-0.2, 0) is 19.5 Å². The van der Waals surface area contributed by atoms with Gasteiger partial charge in [-0.05, 0) is 55.5 Å². The minimum absolute atomic E-state index is 0.0407. The quantitative estimate of drug-likeness (QED) is 0.154. The van der Waals surface area contributed by atoms with Crippen LogP contribution in [0.1, 0.15) is 5.56 Å². The van der Waals surface area contributed by atoms with Gasteiger partial charge < -0.3 is 19.7 Å². The fraction of sp³-hybridized carbons (Fsp3) is 0.212. The van der Waals surface area contributed by atoms with Gasteiger partial charge in [-0.3, -0.25) is 9.29 Å². The van der Waals surface area contributed by atoms with Crippen LogP contribution in [0.4, 0.5) is 36.1 Å². The van der Waals surface area contributed by atoms with Crippen LogP contribution in [0.5, 0.6) is 0 Å². The highest BCUT2D eigenvalue weighted by molar-refractivity contribution is 7.92. The van der Waals surface area contributed by atoms with Crippen molar-refractivity contribution in [3.05, 3.63) is 96.3 Å². The minimum atomic E-state index is -4.44. The summed E-state index contributed by atoms with van der Waals surface area (Å²) < 4.78 is 85.5. The van der Waals surface area contributed by atoms with E-state index in [0.29, 0.717) is 37.6 Å². The largest absolute Gasteiger partial charge is 0.383 e. The topological polar surface area (TPSA) is 136 Å². The van der Waals surface area contributed by atoms with Crippen molar-refractivity contribution >= 4 is 55.0 Å². The van der Waals surface area contributed by atoms with Gasteiger partial charge in [0.1, 0.15) is 46.8 Å². The molecule has 6 aromatic rings. The highest BCUT2D eigenvalue weighted by Crippen LogP contribution is 2.33. The van der Waals surface area contributed by atoms with Gasteiger partial charge in [0.05, 0.1) is 40.5 Å². The van der Waals surface area contributed by atoms with Crippen LogP contribution in [0.15, 0.2) is 78.2 Å². The number of para-hydroxylation sites is 1. The number of benzene rings is 3. The van der Waals surface area contributed by atoms with Gasteiger partial charge in [-0.25, -0.2) is 41.5 Å². The number of imidazole rings is 1. The first kappa shape index (κ1) is 33.6. The molecule has 0 amide bonds. The molecule has 254 valence electrons. The molecule has 0 fully saturated rings. The third kappa shape index (κ3) is 6.70. The standard InChI is InChI=1S/C33H31F3N8O4S/c1-20-21(34)6-4-9-27(20)49(45,46)42-23-11-10-22(35)30(29(23)36)41-33-31-24(37-18-38-33)12-13-28(40-31)44-19-39-32-25(7-5-8-26(32)44)43(14-16-47-2)15-17-48-3/h4-13,18-19,42H,14-17H2,1-3H3,(H,37,38,41). The Morgan fingerprint density at radius 3 is 2.37 bits per heavy atom. The Hall–Kier alpha value is -5.32. The number of methoxy groups -OCH3 is 2. The van der Waals surface area contributed by atoms with Crippen LogP contribution in [0.25, 0.3) is 27.9 Å². The summed E-state index contributed by atoms with van der Waals surface area (Å²) >= 11 is 0. The molecule has 0 radical (unpaired) electrons. The lowest BCUT2D eigenvalue weighted by Gasteiger charge is -2.24. The maximum atomic E-state index is 15.8. The van der Waals surface area contributed by atoms with Crippen molar-refractivity contribution in [2.45, 2.75) is 11.8 Å². The van der Waals surface area contributed by atoms with Gasteiger partial charge in [0.2, 0.25) is 0 Å². The number of ether oxygens (including phenoxy) is 2. The van der Waals surface area contributed by atoms with Crippen molar-refractivity contribution in [3.63, 3.8) is 0 Å². The molecule has 0 saturated carbocycles. The zero-order chi connectivity index (χ0) is 34.7. The highest BCUT2D eigenvalue weighted by Gasteiger charge is 2.24. The molecule has 3 aromatic heterocycles. The second-order valence-corrected chi connectivity index (χ2v) is 12.5. The number of anilines is 4. The minimum Gasteiger partial charge on any atom is -0.383 e. The van der Waals surface area contributed by atoms with Gasteiger partial charge in [0, 0.05) is 32.9 Å². The Bertz CT molecular complexity index is 2260. The molecule has 0 bridgehead atoms. The van der Waals surface area contributed by atoms with Gasteiger partial charge in [-0.15, -0.1) is 0 Å². The molecule has 0 atom stereocenters. The number of nitrogens with one attached hydrogen (secondary N) is 2. The van der Waals surface area contributed by atoms with Crippen LogP contribution < -0.4 is 14.9 Å². The lowest BCUT2D eigenvalue weighted by molar-refractivity contribution is 0.190. The smallest absolute Gasteiger partial charge is 0.262 e. The molecule has 16 heteroatoms. The van der Waals surface area contributed by atoms with Gasteiger partial charge in [-0.1, -0.05) is 12.1 Å². The van der Waals surface area contributed by atoms with Crippen molar-refractivity contribution in [1.29, 1.82) is 0 Å². The summed E-state index contributed by atoms with van der Waals surface area (Å²) in [5.74, 6) is -2.63. The lowest BCUT2D eigenvalue weighted by atomic mass is 10.2. The number of hydrogen-bond acceptors (Lipinski definition) is 10. The van der Waals surface area contributed by atoms with E-state index >= 15 is 8.78 Å². The third-order valence-corrected chi connectivity index (χ3v) is 9.34. The third-order valence-electron chi connectivity index (χ3n) is 7.83. The van der Waals surface area contributed by atoms with Gasteiger partial charge >= 0.3 is 0 Å². The van der Waals surface area contributed by atoms with E-state index in [0.717, 1.165) is 34.9 Å². The molecule has 6 rings (SSSR count). The first-order chi connectivity index (χ1) is 23.6. The molecule has 0 spiro atoms. The Kier molecular flexibility index (Phi) is 9.62. The molecule has 0 unspecified atom stereocenters. The van der Waals surface area contributed by atoms with Crippen molar-refractivity contribution in [2.24, 2.45) is 0 Å². The SMILES string of the molecule is COCCN(CCOC)c1cccc2c1ncn2-c1ccc2ncnc(Nc3c(F)ccc(NS(=O)(=O)c4cccc(F)c4C)c3F)c2n1. The Labute approximate surface area is 279 Å². The van der Waals surface area contributed by atoms with Gasteiger partial charge in [0.15, 0.2) is 11.6 Å². The first-order valence-corrected chi connectivity index (χ1v) is 16.4. The summed E-state index contributed by atoms with van der Waals surface area (Å²) in [7, 11) is -1.16. The second-order valence-electron chi connectivity index (χ2n) is 10.9. The molecule has 0 aliphatic carbocycles. The number of pyridine rings is 1. The Balaban J connectivity index is 1.36. The van der Waals surface area contributed by atoms with Crippen LogP contribution in [0.3, 0.4) is 0 Å². The molecule has 2 N–H and O–H groups in total. The van der Waals surface area contributed by atoms with Crippen molar-refractivity contribution in [1.82, 2.24) is 24.5 Å². The summed E-state index contributed by atoms with van der Waals surface area (Å²) in [6.45, 7) is 3.53. The number of sulfonamides is 1. The predicted molar refractivity (Wildman–Crippen MR) is 180 cm³/mol. The molecule has 0 saturated heterocycles. The summed E-state index contributed by atoms with van der Waals surface area (Å²) in [6, 6.07) is 14.5. The number of hydrogen-bond donors (Lipinski definition) is 2. The summed E-state index contributed by atoms with van der Waals surface area (Å²) in [4.78, 5) is 19.6. The second kappa shape index (κ2) is 14.0. The summed E-state index contributed by atoms with van der Waals surface area (Å²) in [5, 5.41) is 2.63. The predicted octanol–water partition coefficient (Wildman–Crippen LogP) is 5.73. The van der Waals surface area contributed by atoms with E-state index in [1.807, 2.05) is 18.2 Å². The van der Waals surface area contributed by atoms with E-state index < -0.39 is 38.8 Å². The van der Waals surface area contributed by atoms with Gasteiger partial charge in [0.25, 0.3) is 10.0 Å². The molecule has 0 aliphatic rings. The fourth-order valence-electron chi connectivity index (χ4n) is 5.32. The number of fused-ring (bicyclic) bond motifs is 2. The average molecular weight is 693 g/mol. The zero-order valence-electron chi connectivity index (χ0n) is 26.6. The van der Waals surface area contributed by atoms with Crippen molar-refractivity contribution in [2.75, 3.05) is 55.5 Å². The van der Waals surface area contributed by atoms with Crippen molar-refractivity contribution < 1.29 is 31.1 Å². The summed E-state index contributed by atoms with van der Waals surface area (Å²) in [6.07, 6.45) is 2.83. The van der Waals surface area contributed by atoms with E-state index in [-0.39, 0.29) is 21.8 Å².